The molecule has 0 bridgehead atoms. The number of carbonyl (C=O) groups excluding carboxylic acids is 1. The van der Waals surface area contributed by atoms with E-state index in [0.717, 1.165) is 0 Å². The second kappa shape index (κ2) is 7.91. The molecule has 0 radical (unpaired) electrons. The summed E-state index contributed by atoms with van der Waals surface area (Å²) >= 11 is 3.27. The first-order chi connectivity index (χ1) is 9.86. The predicted molar refractivity (Wildman–Crippen MR) is 88.2 cm³/mol. The minimum Gasteiger partial charge on any atom is -0.325 e. The first-order valence-electron chi connectivity index (χ1n) is 6.91. The summed E-state index contributed by atoms with van der Waals surface area (Å²) in [7, 11) is -3.46. The van der Waals surface area contributed by atoms with Gasteiger partial charge in [0.05, 0.1) is 9.72 Å². The van der Waals surface area contributed by atoms with Crippen LogP contribution in [0.1, 0.15) is 27.2 Å². The maximum absolute atomic E-state index is 12.3. The molecule has 5 nitrogen and oxygen atoms in total. The zero-order valence-electron chi connectivity index (χ0n) is 12.5. The van der Waals surface area contributed by atoms with Crippen LogP contribution in [0.5, 0.6) is 0 Å². The SMILES string of the molecule is CCC(Br)C(=O)Nc1ccc(S(=O)(=O)N(CC)CC)cc1. The summed E-state index contributed by atoms with van der Waals surface area (Å²) in [5.74, 6) is -0.142. The zero-order chi connectivity index (χ0) is 16.0. The lowest BCUT2D eigenvalue weighted by Crippen LogP contribution is -2.30. The monoisotopic (exact) mass is 376 g/mol. The van der Waals surface area contributed by atoms with Crippen LogP contribution in [0.2, 0.25) is 0 Å². The van der Waals surface area contributed by atoms with Crippen LogP contribution in [0.15, 0.2) is 29.2 Å². The molecule has 0 saturated heterocycles. The maximum atomic E-state index is 12.3. The van der Waals surface area contributed by atoms with Crippen LogP contribution in [-0.2, 0) is 14.8 Å². The van der Waals surface area contributed by atoms with Gasteiger partial charge in [0, 0.05) is 18.8 Å². The number of benzene rings is 1. The number of halogens is 1. The standard InChI is InChI=1S/C14H21BrN2O3S/c1-4-13(15)14(18)16-11-7-9-12(10-8-11)21(19,20)17(5-2)6-3/h7-10,13H,4-6H2,1-3H3,(H,16,18). The molecule has 1 N–H and O–H groups in total. The first kappa shape index (κ1) is 18.1. The van der Waals surface area contributed by atoms with Gasteiger partial charge in [-0.05, 0) is 30.7 Å². The van der Waals surface area contributed by atoms with E-state index in [4.69, 9.17) is 0 Å². The van der Waals surface area contributed by atoms with Crippen molar-refractivity contribution in [3.8, 4) is 0 Å². The second-order valence-electron chi connectivity index (χ2n) is 4.48. The minimum atomic E-state index is -3.46. The van der Waals surface area contributed by atoms with E-state index in [9.17, 15) is 13.2 Å². The summed E-state index contributed by atoms with van der Waals surface area (Å²) in [5, 5.41) is 2.73. The number of hydrogen-bond acceptors (Lipinski definition) is 3. The van der Waals surface area contributed by atoms with Crippen LogP contribution in [-0.4, -0.2) is 36.5 Å². The van der Waals surface area contributed by atoms with Gasteiger partial charge >= 0.3 is 0 Å². The lowest BCUT2D eigenvalue weighted by Gasteiger charge is -2.18. The Morgan fingerprint density at radius 1 is 1.19 bits per heavy atom. The van der Waals surface area contributed by atoms with Crippen LogP contribution in [0.4, 0.5) is 5.69 Å². The molecule has 0 aliphatic rings. The number of nitrogens with one attached hydrogen (secondary N) is 1. The third-order valence-electron chi connectivity index (χ3n) is 3.11. The summed E-state index contributed by atoms with van der Waals surface area (Å²) in [5.41, 5.74) is 0.580. The maximum Gasteiger partial charge on any atom is 0.243 e. The van der Waals surface area contributed by atoms with E-state index in [-0.39, 0.29) is 15.6 Å². The van der Waals surface area contributed by atoms with E-state index < -0.39 is 10.0 Å². The molecule has 0 saturated carbocycles. The molecule has 118 valence electrons. The average Bonchev–Trinajstić information content (AvgIpc) is 2.47. The van der Waals surface area contributed by atoms with Crippen LogP contribution < -0.4 is 5.32 Å². The van der Waals surface area contributed by atoms with Crippen molar-refractivity contribution in [2.45, 2.75) is 36.9 Å². The summed E-state index contributed by atoms with van der Waals surface area (Å²) in [6.45, 7) is 6.37. The van der Waals surface area contributed by atoms with Gasteiger partial charge in [-0.3, -0.25) is 4.79 Å². The van der Waals surface area contributed by atoms with Crippen molar-refractivity contribution in [2.24, 2.45) is 0 Å². The Bertz CT molecular complexity index is 568. The zero-order valence-corrected chi connectivity index (χ0v) is 14.9. The fourth-order valence-corrected chi connectivity index (χ4v) is 3.40. The molecule has 0 aromatic heterocycles. The van der Waals surface area contributed by atoms with E-state index in [1.54, 1.807) is 26.0 Å². The molecule has 1 amide bonds. The number of carbonyl (C=O) groups is 1. The second-order valence-corrected chi connectivity index (χ2v) is 7.52. The topological polar surface area (TPSA) is 66.5 Å². The van der Waals surface area contributed by atoms with Gasteiger partial charge in [-0.2, -0.15) is 4.31 Å². The number of rotatable bonds is 7. The van der Waals surface area contributed by atoms with E-state index in [2.05, 4.69) is 21.2 Å². The number of sulfonamides is 1. The van der Waals surface area contributed by atoms with Crippen LogP contribution in [0.25, 0.3) is 0 Å². The van der Waals surface area contributed by atoms with E-state index in [1.165, 1.54) is 16.4 Å². The lowest BCUT2D eigenvalue weighted by atomic mass is 10.3. The quantitative estimate of drug-likeness (QED) is 0.743. The first-order valence-corrected chi connectivity index (χ1v) is 9.27. The molecule has 1 unspecified atom stereocenters. The van der Waals surface area contributed by atoms with E-state index in [0.29, 0.717) is 25.2 Å². The van der Waals surface area contributed by atoms with Gasteiger partial charge in [-0.25, -0.2) is 8.42 Å². The number of anilines is 1. The number of nitrogens with zero attached hydrogens (tertiary/aromatic N) is 1. The summed E-state index contributed by atoms with van der Waals surface area (Å²) in [6, 6.07) is 6.23. The largest absolute Gasteiger partial charge is 0.325 e. The molecule has 0 fully saturated rings. The van der Waals surface area contributed by atoms with Gasteiger partial charge in [0.1, 0.15) is 0 Å². The molecule has 1 rings (SSSR count). The van der Waals surface area contributed by atoms with Crippen molar-refractivity contribution >= 4 is 37.5 Å². The van der Waals surface area contributed by atoms with Gasteiger partial charge in [-0.15, -0.1) is 0 Å². The molecule has 1 aromatic rings. The van der Waals surface area contributed by atoms with Crippen molar-refractivity contribution in [1.82, 2.24) is 4.31 Å². The Morgan fingerprint density at radius 3 is 2.14 bits per heavy atom. The van der Waals surface area contributed by atoms with Crippen molar-refractivity contribution in [2.75, 3.05) is 18.4 Å². The van der Waals surface area contributed by atoms with Gasteiger partial charge in [0.25, 0.3) is 0 Å². The fraction of sp³-hybridized carbons (Fsp3) is 0.500. The minimum absolute atomic E-state index is 0.142. The lowest BCUT2D eigenvalue weighted by molar-refractivity contribution is -0.115. The van der Waals surface area contributed by atoms with E-state index >= 15 is 0 Å². The molecule has 0 aliphatic heterocycles. The Hall–Kier alpha value is -0.920. The number of amides is 1. The van der Waals surface area contributed by atoms with Crippen LogP contribution in [0.3, 0.4) is 0 Å². The Kier molecular flexibility index (Phi) is 6.83. The number of hydrogen-bond donors (Lipinski definition) is 1. The summed E-state index contributed by atoms with van der Waals surface area (Å²) in [4.78, 5) is 11.7. The highest BCUT2D eigenvalue weighted by molar-refractivity contribution is 9.10. The highest BCUT2D eigenvalue weighted by atomic mass is 79.9. The van der Waals surface area contributed by atoms with Crippen LogP contribution in [0, 0.1) is 0 Å². The van der Waals surface area contributed by atoms with Gasteiger partial charge in [0.15, 0.2) is 0 Å². The molecule has 21 heavy (non-hydrogen) atoms. The Morgan fingerprint density at radius 2 is 1.71 bits per heavy atom. The predicted octanol–water partition coefficient (Wildman–Crippen LogP) is 2.83. The molecule has 7 heteroatoms. The molecule has 0 heterocycles. The molecule has 0 aliphatic carbocycles. The molecule has 0 spiro atoms. The third-order valence-corrected chi connectivity index (χ3v) is 6.24. The van der Waals surface area contributed by atoms with Crippen molar-refractivity contribution < 1.29 is 13.2 Å². The fourth-order valence-electron chi connectivity index (χ4n) is 1.83. The summed E-state index contributed by atoms with van der Waals surface area (Å²) < 4.78 is 26.0. The van der Waals surface area contributed by atoms with Crippen molar-refractivity contribution in [3.63, 3.8) is 0 Å². The highest BCUT2D eigenvalue weighted by Gasteiger charge is 2.21. The molecular formula is C14H21BrN2O3S. The van der Waals surface area contributed by atoms with Gasteiger partial charge < -0.3 is 5.32 Å². The van der Waals surface area contributed by atoms with Crippen LogP contribution >= 0.6 is 15.9 Å². The number of alkyl halides is 1. The Labute approximate surface area is 134 Å². The summed E-state index contributed by atoms with van der Waals surface area (Å²) in [6.07, 6.45) is 0.681. The molecular weight excluding hydrogens is 356 g/mol. The Balaban J connectivity index is 2.90. The van der Waals surface area contributed by atoms with Gasteiger partial charge in [0.2, 0.25) is 15.9 Å². The van der Waals surface area contributed by atoms with E-state index in [1.807, 2.05) is 6.92 Å². The van der Waals surface area contributed by atoms with Gasteiger partial charge in [-0.1, -0.05) is 36.7 Å². The molecule has 1 aromatic carbocycles. The smallest absolute Gasteiger partial charge is 0.243 e. The van der Waals surface area contributed by atoms with Crippen molar-refractivity contribution in [3.05, 3.63) is 24.3 Å². The normalized spacial score (nSPS) is 13.2. The average molecular weight is 377 g/mol. The highest BCUT2D eigenvalue weighted by Crippen LogP contribution is 2.19. The van der Waals surface area contributed by atoms with Crippen molar-refractivity contribution in [1.29, 1.82) is 0 Å². The third kappa shape index (κ3) is 4.52. The molecule has 1 atom stereocenters.